The van der Waals surface area contributed by atoms with E-state index in [2.05, 4.69) is 22.3 Å². The Bertz CT molecular complexity index is 895. The highest BCUT2D eigenvalue weighted by atomic mass is 32.2. The molecule has 0 bridgehead atoms. The van der Waals surface area contributed by atoms with E-state index in [9.17, 15) is 13.2 Å². The van der Waals surface area contributed by atoms with E-state index in [0.29, 0.717) is 23.6 Å². The highest BCUT2D eigenvalue weighted by Crippen LogP contribution is 2.23. The quantitative estimate of drug-likeness (QED) is 0.876. The monoisotopic (exact) mass is 372 g/mol. The van der Waals surface area contributed by atoms with Gasteiger partial charge in [-0.2, -0.15) is 0 Å². The SMILES string of the molecule is Cc1ccc(C(=O)NC[C@H]2CCN(c3ccccc3)C2)cc1S(C)(=O)=O. The van der Waals surface area contributed by atoms with Gasteiger partial charge < -0.3 is 10.2 Å². The lowest BCUT2D eigenvalue weighted by Gasteiger charge is -2.18. The Morgan fingerprint density at radius 1 is 1.19 bits per heavy atom. The summed E-state index contributed by atoms with van der Waals surface area (Å²) >= 11 is 0. The van der Waals surface area contributed by atoms with Gasteiger partial charge in [-0.3, -0.25) is 4.79 Å². The number of aryl methyl sites for hydroxylation is 1. The summed E-state index contributed by atoms with van der Waals surface area (Å²) in [5.74, 6) is 0.159. The molecule has 1 aliphatic rings. The van der Waals surface area contributed by atoms with Crippen LogP contribution in [0.5, 0.6) is 0 Å². The van der Waals surface area contributed by atoms with Crippen molar-refractivity contribution in [2.75, 3.05) is 30.8 Å². The molecule has 5 nitrogen and oxygen atoms in total. The van der Waals surface area contributed by atoms with Crippen molar-refractivity contribution < 1.29 is 13.2 Å². The summed E-state index contributed by atoms with van der Waals surface area (Å²) in [5.41, 5.74) is 2.24. The van der Waals surface area contributed by atoms with Gasteiger partial charge in [0.1, 0.15) is 0 Å². The number of nitrogens with zero attached hydrogens (tertiary/aromatic N) is 1. The van der Waals surface area contributed by atoms with Gasteiger partial charge >= 0.3 is 0 Å². The van der Waals surface area contributed by atoms with Crippen LogP contribution in [0.25, 0.3) is 0 Å². The van der Waals surface area contributed by atoms with Gasteiger partial charge in [-0.05, 0) is 49.1 Å². The predicted octanol–water partition coefficient (Wildman–Crippen LogP) is 2.65. The maximum absolute atomic E-state index is 12.4. The van der Waals surface area contributed by atoms with Crippen molar-refractivity contribution in [2.45, 2.75) is 18.2 Å². The smallest absolute Gasteiger partial charge is 0.251 e. The number of nitrogens with one attached hydrogen (secondary N) is 1. The fraction of sp³-hybridized carbons (Fsp3) is 0.350. The Morgan fingerprint density at radius 2 is 1.92 bits per heavy atom. The average molecular weight is 372 g/mol. The van der Waals surface area contributed by atoms with E-state index < -0.39 is 9.84 Å². The summed E-state index contributed by atoms with van der Waals surface area (Å²) in [4.78, 5) is 15.0. The lowest BCUT2D eigenvalue weighted by Crippen LogP contribution is -2.31. The van der Waals surface area contributed by atoms with Gasteiger partial charge in [0.2, 0.25) is 0 Å². The van der Waals surface area contributed by atoms with Crippen molar-refractivity contribution >= 4 is 21.4 Å². The largest absolute Gasteiger partial charge is 0.371 e. The normalized spacial score (nSPS) is 17.3. The van der Waals surface area contributed by atoms with Crippen molar-refractivity contribution in [3.63, 3.8) is 0 Å². The number of carbonyl (C=O) groups is 1. The number of hydrogen-bond donors (Lipinski definition) is 1. The van der Waals surface area contributed by atoms with Crippen LogP contribution in [0.2, 0.25) is 0 Å². The first-order valence-electron chi connectivity index (χ1n) is 8.73. The number of amides is 1. The van der Waals surface area contributed by atoms with E-state index in [1.54, 1.807) is 19.1 Å². The van der Waals surface area contributed by atoms with Crippen molar-refractivity contribution in [3.05, 3.63) is 59.7 Å². The summed E-state index contributed by atoms with van der Waals surface area (Å²) in [7, 11) is -3.34. The Morgan fingerprint density at radius 3 is 2.62 bits per heavy atom. The Labute approximate surface area is 154 Å². The first-order valence-corrected chi connectivity index (χ1v) is 10.6. The zero-order valence-electron chi connectivity index (χ0n) is 15.1. The standard InChI is InChI=1S/C20H24N2O3S/c1-15-8-9-17(12-19(15)26(2,24)25)20(23)21-13-16-10-11-22(14-16)18-6-4-3-5-7-18/h3-9,12,16H,10-11,13-14H2,1-2H3,(H,21,23)/t16-/m1/s1. The second-order valence-electron chi connectivity index (χ2n) is 6.90. The number of para-hydroxylation sites is 1. The molecule has 2 aromatic rings. The van der Waals surface area contributed by atoms with Gasteiger partial charge in [-0.25, -0.2) is 8.42 Å². The fourth-order valence-electron chi connectivity index (χ4n) is 3.35. The highest BCUT2D eigenvalue weighted by molar-refractivity contribution is 7.90. The van der Waals surface area contributed by atoms with Crippen LogP contribution in [0.4, 0.5) is 5.69 Å². The third-order valence-corrected chi connectivity index (χ3v) is 6.05. The van der Waals surface area contributed by atoms with Gasteiger partial charge in [-0.1, -0.05) is 24.3 Å². The Kier molecular flexibility index (Phi) is 5.32. The number of hydrogen-bond acceptors (Lipinski definition) is 4. The number of sulfone groups is 1. The molecular weight excluding hydrogens is 348 g/mol. The lowest BCUT2D eigenvalue weighted by molar-refractivity contribution is 0.0948. The second-order valence-corrected chi connectivity index (χ2v) is 8.88. The van der Waals surface area contributed by atoms with Crippen molar-refractivity contribution in [1.29, 1.82) is 0 Å². The molecule has 1 atom stereocenters. The number of rotatable bonds is 5. The molecule has 0 saturated carbocycles. The minimum absolute atomic E-state index is 0.210. The molecule has 1 fully saturated rings. The molecule has 26 heavy (non-hydrogen) atoms. The van der Waals surface area contributed by atoms with Crippen molar-refractivity contribution in [1.82, 2.24) is 5.32 Å². The van der Waals surface area contributed by atoms with Crippen LogP contribution in [0.1, 0.15) is 22.3 Å². The van der Waals surface area contributed by atoms with Crippen LogP contribution in [-0.2, 0) is 9.84 Å². The van der Waals surface area contributed by atoms with E-state index in [1.165, 1.54) is 11.8 Å². The fourth-order valence-corrected chi connectivity index (χ4v) is 4.35. The summed E-state index contributed by atoms with van der Waals surface area (Å²) < 4.78 is 23.7. The Hall–Kier alpha value is -2.34. The maximum atomic E-state index is 12.4. The van der Waals surface area contributed by atoms with Gasteiger partial charge in [0.25, 0.3) is 5.91 Å². The number of anilines is 1. The van der Waals surface area contributed by atoms with Crippen LogP contribution < -0.4 is 10.2 Å². The molecule has 0 unspecified atom stereocenters. The third kappa shape index (κ3) is 4.25. The second kappa shape index (κ2) is 7.50. The summed E-state index contributed by atoms with van der Waals surface area (Å²) in [5, 5.41) is 2.95. The van der Waals surface area contributed by atoms with Crippen LogP contribution in [-0.4, -0.2) is 40.2 Å². The van der Waals surface area contributed by atoms with Gasteiger partial charge in [0.15, 0.2) is 9.84 Å². The summed E-state index contributed by atoms with van der Waals surface area (Å²) in [6, 6.07) is 15.1. The zero-order valence-corrected chi connectivity index (χ0v) is 15.9. The van der Waals surface area contributed by atoms with Gasteiger partial charge in [0, 0.05) is 37.1 Å². The zero-order chi connectivity index (χ0) is 18.7. The molecule has 0 spiro atoms. The lowest BCUT2D eigenvalue weighted by atomic mass is 10.1. The van der Waals surface area contributed by atoms with Crippen LogP contribution in [0.15, 0.2) is 53.4 Å². The van der Waals surface area contributed by atoms with Gasteiger partial charge in [-0.15, -0.1) is 0 Å². The van der Waals surface area contributed by atoms with Crippen LogP contribution in [0, 0.1) is 12.8 Å². The molecule has 0 aromatic heterocycles. The number of carbonyl (C=O) groups excluding carboxylic acids is 1. The first kappa shape index (κ1) is 18.5. The molecule has 0 radical (unpaired) electrons. The molecule has 0 aliphatic carbocycles. The minimum atomic E-state index is -3.34. The molecule has 1 heterocycles. The molecule has 1 N–H and O–H groups in total. The molecule has 1 saturated heterocycles. The first-order chi connectivity index (χ1) is 12.3. The van der Waals surface area contributed by atoms with E-state index >= 15 is 0 Å². The molecule has 138 valence electrons. The van der Waals surface area contributed by atoms with E-state index in [4.69, 9.17) is 0 Å². The minimum Gasteiger partial charge on any atom is -0.371 e. The molecule has 2 aromatic carbocycles. The maximum Gasteiger partial charge on any atom is 0.251 e. The summed E-state index contributed by atoms with van der Waals surface area (Å²) in [6.07, 6.45) is 2.19. The molecule has 3 rings (SSSR count). The third-order valence-electron chi connectivity index (χ3n) is 4.81. The van der Waals surface area contributed by atoms with Crippen molar-refractivity contribution in [2.24, 2.45) is 5.92 Å². The molecule has 1 aliphatic heterocycles. The molecule has 1 amide bonds. The van der Waals surface area contributed by atoms with E-state index in [1.807, 2.05) is 18.2 Å². The van der Waals surface area contributed by atoms with E-state index in [-0.39, 0.29) is 10.8 Å². The molecular formula is C20H24N2O3S. The Balaban J connectivity index is 1.60. The van der Waals surface area contributed by atoms with Crippen LogP contribution in [0.3, 0.4) is 0 Å². The summed E-state index contributed by atoms with van der Waals surface area (Å²) in [6.45, 7) is 4.21. The van der Waals surface area contributed by atoms with Crippen LogP contribution >= 0.6 is 0 Å². The van der Waals surface area contributed by atoms with E-state index in [0.717, 1.165) is 25.8 Å². The number of benzene rings is 2. The van der Waals surface area contributed by atoms with Gasteiger partial charge in [0.05, 0.1) is 4.90 Å². The molecule has 6 heteroatoms. The average Bonchev–Trinajstić information content (AvgIpc) is 3.09. The highest BCUT2D eigenvalue weighted by Gasteiger charge is 2.23. The topological polar surface area (TPSA) is 66.5 Å². The van der Waals surface area contributed by atoms with Crippen molar-refractivity contribution in [3.8, 4) is 0 Å². The predicted molar refractivity (Wildman–Crippen MR) is 103 cm³/mol.